The summed E-state index contributed by atoms with van der Waals surface area (Å²) in [6, 6.07) is 14.1. The van der Waals surface area contributed by atoms with E-state index in [9.17, 15) is 9.59 Å². The number of hydrogen-bond donors (Lipinski definition) is 2. The van der Waals surface area contributed by atoms with Crippen LogP contribution in [0.4, 0.5) is 5.69 Å². The number of carbonyl (C=O) groups is 2. The van der Waals surface area contributed by atoms with Gasteiger partial charge in [-0.1, -0.05) is 44.2 Å². The molecule has 2 aromatic rings. The molecular weight excluding hydrogens is 330 g/mol. The topological polar surface area (TPSA) is 75.6 Å². The Morgan fingerprint density at radius 2 is 1.73 bits per heavy atom. The fraction of sp³-hybridized carbons (Fsp3) is 0.333. The molecule has 138 valence electrons. The first-order valence-corrected chi connectivity index (χ1v) is 8.76. The zero-order chi connectivity index (χ0) is 19.1. The number of benzene rings is 2. The summed E-state index contributed by atoms with van der Waals surface area (Å²) in [4.78, 5) is 24.6. The van der Waals surface area contributed by atoms with Gasteiger partial charge in [0.2, 0.25) is 0 Å². The van der Waals surface area contributed by atoms with Gasteiger partial charge in [0.05, 0.1) is 12.2 Å². The van der Waals surface area contributed by atoms with Crippen LogP contribution in [-0.4, -0.2) is 23.1 Å². The highest BCUT2D eigenvalue weighted by Gasteiger charge is 2.20. The number of aliphatic hydroxyl groups is 1. The van der Waals surface area contributed by atoms with Crippen LogP contribution < -0.4 is 5.32 Å². The highest BCUT2D eigenvalue weighted by Crippen LogP contribution is 2.26. The molecule has 2 rings (SSSR count). The van der Waals surface area contributed by atoms with Crippen molar-refractivity contribution in [3.8, 4) is 0 Å². The molecule has 0 heterocycles. The van der Waals surface area contributed by atoms with Crippen molar-refractivity contribution >= 4 is 17.6 Å². The lowest BCUT2D eigenvalue weighted by molar-refractivity contribution is -0.123. The number of nitrogens with one attached hydrogen (secondary N) is 1. The maximum absolute atomic E-state index is 12.4. The van der Waals surface area contributed by atoms with Crippen molar-refractivity contribution in [3.05, 3.63) is 65.2 Å². The van der Waals surface area contributed by atoms with Gasteiger partial charge in [0.15, 0.2) is 6.10 Å². The molecule has 5 nitrogen and oxygen atoms in total. The zero-order valence-corrected chi connectivity index (χ0v) is 15.4. The summed E-state index contributed by atoms with van der Waals surface area (Å²) in [5, 5.41) is 11.9. The summed E-state index contributed by atoms with van der Waals surface area (Å²) in [6.07, 6.45) is 0.0337. The minimum absolute atomic E-state index is 0.0935. The van der Waals surface area contributed by atoms with Gasteiger partial charge in [-0.15, -0.1) is 0 Å². The van der Waals surface area contributed by atoms with Crippen LogP contribution in [0, 0.1) is 0 Å². The fourth-order valence-electron chi connectivity index (χ4n) is 2.52. The molecule has 0 aromatic heterocycles. The third-order valence-corrected chi connectivity index (χ3v) is 4.39. The van der Waals surface area contributed by atoms with Gasteiger partial charge in [0.25, 0.3) is 5.91 Å². The van der Waals surface area contributed by atoms with Crippen LogP contribution in [0.1, 0.15) is 54.6 Å². The van der Waals surface area contributed by atoms with Crippen LogP contribution in [0.5, 0.6) is 0 Å². The Bertz CT molecular complexity index is 755. The van der Waals surface area contributed by atoms with Gasteiger partial charge < -0.3 is 15.2 Å². The molecule has 2 N–H and O–H groups in total. The lowest BCUT2D eigenvalue weighted by atomic mass is 9.97. The fourth-order valence-corrected chi connectivity index (χ4v) is 2.52. The van der Waals surface area contributed by atoms with E-state index in [0.29, 0.717) is 17.0 Å². The summed E-state index contributed by atoms with van der Waals surface area (Å²) >= 11 is 0. The second kappa shape index (κ2) is 9.15. The number of ether oxygens (including phenoxy) is 1. The third kappa shape index (κ3) is 4.92. The molecule has 2 atom stereocenters. The largest absolute Gasteiger partial charge is 0.449 e. The van der Waals surface area contributed by atoms with E-state index in [0.717, 1.165) is 17.7 Å². The minimum atomic E-state index is -0.926. The predicted octanol–water partition coefficient (Wildman–Crippen LogP) is 3.88. The van der Waals surface area contributed by atoms with Gasteiger partial charge in [0.1, 0.15) is 0 Å². The van der Waals surface area contributed by atoms with E-state index in [1.54, 1.807) is 31.2 Å². The van der Waals surface area contributed by atoms with Gasteiger partial charge in [0, 0.05) is 5.69 Å². The van der Waals surface area contributed by atoms with Crippen molar-refractivity contribution in [1.82, 2.24) is 0 Å². The average molecular weight is 355 g/mol. The Hall–Kier alpha value is -2.66. The molecular formula is C21H25NO4. The number of para-hydroxylation sites is 1. The molecule has 0 radical (unpaired) electrons. The monoisotopic (exact) mass is 355 g/mol. The molecule has 2 aromatic carbocycles. The van der Waals surface area contributed by atoms with Gasteiger partial charge in [-0.3, -0.25) is 4.79 Å². The van der Waals surface area contributed by atoms with Crippen molar-refractivity contribution in [2.75, 3.05) is 5.32 Å². The van der Waals surface area contributed by atoms with Crippen LogP contribution in [0.3, 0.4) is 0 Å². The number of esters is 1. The van der Waals surface area contributed by atoms with Crippen LogP contribution in [-0.2, 0) is 16.1 Å². The number of anilines is 1. The molecule has 5 heteroatoms. The molecule has 1 amide bonds. The van der Waals surface area contributed by atoms with Crippen LogP contribution in [0.15, 0.2) is 48.5 Å². The van der Waals surface area contributed by atoms with E-state index in [1.807, 2.05) is 24.3 Å². The molecule has 0 saturated heterocycles. The van der Waals surface area contributed by atoms with E-state index in [1.165, 1.54) is 0 Å². The minimum Gasteiger partial charge on any atom is -0.449 e. The third-order valence-electron chi connectivity index (χ3n) is 4.39. The predicted molar refractivity (Wildman–Crippen MR) is 101 cm³/mol. The number of carbonyl (C=O) groups excluding carboxylic acids is 2. The second-order valence-electron chi connectivity index (χ2n) is 6.29. The Labute approximate surface area is 154 Å². The van der Waals surface area contributed by atoms with Crippen LogP contribution in [0.25, 0.3) is 0 Å². The molecule has 0 aliphatic heterocycles. The van der Waals surface area contributed by atoms with Crippen molar-refractivity contribution in [1.29, 1.82) is 0 Å². The molecule has 0 bridgehead atoms. The molecule has 0 spiro atoms. The molecule has 0 aliphatic carbocycles. The van der Waals surface area contributed by atoms with Gasteiger partial charge in [-0.05, 0) is 48.6 Å². The number of aliphatic hydroxyl groups excluding tert-OH is 1. The normalized spacial score (nSPS) is 12.9. The summed E-state index contributed by atoms with van der Waals surface area (Å²) in [5.41, 5.74) is 2.83. The maximum atomic E-state index is 12.4. The lowest BCUT2D eigenvalue weighted by Crippen LogP contribution is -2.30. The Kier molecular flexibility index (Phi) is 6.92. The maximum Gasteiger partial charge on any atom is 0.338 e. The highest BCUT2D eigenvalue weighted by atomic mass is 16.5. The summed E-state index contributed by atoms with van der Waals surface area (Å²) < 4.78 is 5.26. The SMILES string of the molecule is CCC(C)c1ccccc1NC(=O)C(C)OC(=O)c1ccc(CO)cc1. The first-order valence-electron chi connectivity index (χ1n) is 8.76. The van der Waals surface area contributed by atoms with E-state index < -0.39 is 12.1 Å². The number of rotatable bonds is 7. The smallest absolute Gasteiger partial charge is 0.338 e. The molecule has 0 fully saturated rings. The van der Waals surface area contributed by atoms with Gasteiger partial charge >= 0.3 is 5.97 Å². The van der Waals surface area contributed by atoms with E-state index in [4.69, 9.17) is 9.84 Å². The summed E-state index contributed by atoms with van der Waals surface area (Å²) in [7, 11) is 0. The average Bonchev–Trinajstić information content (AvgIpc) is 2.67. The van der Waals surface area contributed by atoms with Gasteiger partial charge in [-0.2, -0.15) is 0 Å². The van der Waals surface area contributed by atoms with Crippen molar-refractivity contribution in [2.45, 2.75) is 45.8 Å². The quantitative estimate of drug-likeness (QED) is 0.739. The zero-order valence-electron chi connectivity index (χ0n) is 15.4. The van der Waals surface area contributed by atoms with E-state index in [2.05, 4.69) is 19.2 Å². The molecule has 0 saturated carbocycles. The first kappa shape index (κ1) is 19.7. The standard InChI is InChI=1S/C21H25NO4/c1-4-14(2)18-7-5-6-8-19(18)22-20(24)15(3)26-21(25)17-11-9-16(13-23)10-12-17/h5-12,14-15,23H,4,13H2,1-3H3,(H,22,24). The van der Waals surface area contributed by atoms with Crippen LogP contribution in [0.2, 0.25) is 0 Å². The molecule has 2 unspecified atom stereocenters. The highest BCUT2D eigenvalue weighted by molar-refractivity contribution is 5.97. The van der Waals surface area contributed by atoms with Crippen molar-refractivity contribution < 1.29 is 19.4 Å². The Morgan fingerprint density at radius 3 is 2.35 bits per heavy atom. The van der Waals surface area contributed by atoms with Crippen LogP contribution >= 0.6 is 0 Å². The Balaban J connectivity index is 2.02. The van der Waals surface area contributed by atoms with Gasteiger partial charge in [-0.25, -0.2) is 4.79 Å². The summed E-state index contributed by atoms with van der Waals surface area (Å²) in [5.74, 6) is -0.636. The van der Waals surface area contributed by atoms with E-state index in [-0.39, 0.29) is 12.5 Å². The van der Waals surface area contributed by atoms with Crippen molar-refractivity contribution in [3.63, 3.8) is 0 Å². The Morgan fingerprint density at radius 1 is 1.08 bits per heavy atom. The second-order valence-corrected chi connectivity index (χ2v) is 6.29. The first-order chi connectivity index (χ1) is 12.5. The number of amides is 1. The number of hydrogen-bond acceptors (Lipinski definition) is 4. The summed E-state index contributed by atoms with van der Waals surface area (Å²) in [6.45, 7) is 5.64. The lowest BCUT2D eigenvalue weighted by Gasteiger charge is -2.18. The van der Waals surface area contributed by atoms with E-state index >= 15 is 0 Å². The molecule has 0 aliphatic rings. The van der Waals surface area contributed by atoms with Crippen molar-refractivity contribution in [2.24, 2.45) is 0 Å². The molecule has 26 heavy (non-hydrogen) atoms.